The van der Waals surface area contributed by atoms with Crippen molar-refractivity contribution in [1.29, 1.82) is 0 Å². The lowest BCUT2D eigenvalue weighted by Crippen LogP contribution is -2.36. The van der Waals surface area contributed by atoms with Crippen LogP contribution in [0.3, 0.4) is 0 Å². The van der Waals surface area contributed by atoms with E-state index in [9.17, 15) is 4.79 Å². The fourth-order valence-electron chi connectivity index (χ4n) is 4.54. The number of thiophene rings is 1. The highest BCUT2D eigenvalue weighted by atomic mass is 35.5. The van der Waals surface area contributed by atoms with E-state index < -0.39 is 0 Å². The number of carbonyl (C=O) groups excluding carboxylic acids is 1. The smallest absolute Gasteiger partial charge is 0.312 e. The van der Waals surface area contributed by atoms with Gasteiger partial charge in [-0.2, -0.15) is 0 Å². The molecule has 0 radical (unpaired) electrons. The molecule has 4 nitrogen and oxygen atoms in total. The number of aryl methyl sites for hydroxylation is 1. The number of amides is 2. The second kappa shape index (κ2) is 7.22. The van der Waals surface area contributed by atoms with Crippen LogP contribution in [0.1, 0.15) is 53.1 Å². The first-order chi connectivity index (χ1) is 14.0. The van der Waals surface area contributed by atoms with Crippen molar-refractivity contribution < 1.29 is 4.79 Å². The van der Waals surface area contributed by atoms with Gasteiger partial charge in [0, 0.05) is 33.0 Å². The van der Waals surface area contributed by atoms with Crippen molar-refractivity contribution in [3.8, 4) is 5.00 Å². The predicted octanol–water partition coefficient (Wildman–Crippen LogP) is 6.49. The molecule has 29 heavy (non-hydrogen) atoms. The maximum absolute atomic E-state index is 13.4. The molecule has 2 aliphatic rings. The van der Waals surface area contributed by atoms with E-state index in [0.717, 1.165) is 29.8 Å². The van der Waals surface area contributed by atoms with Gasteiger partial charge in [-0.05, 0) is 74.9 Å². The highest BCUT2D eigenvalue weighted by Crippen LogP contribution is 2.42. The van der Waals surface area contributed by atoms with Crippen molar-refractivity contribution in [2.24, 2.45) is 0 Å². The van der Waals surface area contributed by atoms with Gasteiger partial charge in [-0.3, -0.25) is 0 Å². The van der Waals surface area contributed by atoms with E-state index in [4.69, 9.17) is 11.6 Å². The van der Waals surface area contributed by atoms with Crippen LogP contribution < -0.4 is 5.32 Å². The molecule has 3 heterocycles. The molecule has 1 atom stereocenters. The van der Waals surface area contributed by atoms with Crippen molar-refractivity contribution in [1.82, 2.24) is 9.47 Å². The Balaban J connectivity index is 1.55. The Morgan fingerprint density at radius 3 is 2.86 bits per heavy atom. The van der Waals surface area contributed by atoms with Gasteiger partial charge in [-0.1, -0.05) is 17.7 Å². The van der Waals surface area contributed by atoms with Crippen LogP contribution in [0.5, 0.6) is 0 Å². The van der Waals surface area contributed by atoms with Crippen LogP contribution >= 0.6 is 22.9 Å². The molecule has 150 valence electrons. The summed E-state index contributed by atoms with van der Waals surface area (Å²) in [5, 5.41) is 5.05. The predicted molar refractivity (Wildman–Crippen MR) is 119 cm³/mol. The molecule has 6 heteroatoms. The topological polar surface area (TPSA) is 37.3 Å². The maximum Gasteiger partial charge on any atom is 0.322 e. The van der Waals surface area contributed by atoms with E-state index in [0.29, 0.717) is 11.6 Å². The first kappa shape index (κ1) is 18.8. The summed E-state index contributed by atoms with van der Waals surface area (Å²) in [4.78, 5) is 16.9. The number of anilines is 1. The number of rotatable bonds is 1. The van der Waals surface area contributed by atoms with Gasteiger partial charge >= 0.3 is 6.03 Å². The average Bonchev–Trinajstić information content (AvgIpc) is 3.31. The number of urea groups is 1. The van der Waals surface area contributed by atoms with Gasteiger partial charge in [0.1, 0.15) is 5.00 Å². The average molecular weight is 426 g/mol. The third-order valence-corrected chi connectivity index (χ3v) is 8.00. The molecule has 0 saturated heterocycles. The van der Waals surface area contributed by atoms with Gasteiger partial charge in [0.25, 0.3) is 0 Å². The number of aromatic nitrogens is 1. The lowest BCUT2D eigenvalue weighted by atomic mass is 9.95. The van der Waals surface area contributed by atoms with Crippen molar-refractivity contribution in [2.75, 3.05) is 5.32 Å². The minimum atomic E-state index is -0.0840. The van der Waals surface area contributed by atoms with E-state index in [1.807, 2.05) is 41.4 Å². The zero-order valence-electron chi connectivity index (χ0n) is 16.7. The first-order valence-electron chi connectivity index (χ1n) is 10.2. The number of nitrogens with one attached hydrogen (secondary N) is 1. The molecule has 0 spiro atoms. The van der Waals surface area contributed by atoms with E-state index in [1.165, 1.54) is 33.8 Å². The Morgan fingerprint density at radius 2 is 2.00 bits per heavy atom. The quantitative estimate of drug-likeness (QED) is 0.475. The molecule has 2 aromatic heterocycles. The van der Waals surface area contributed by atoms with Crippen molar-refractivity contribution >= 4 is 34.7 Å². The van der Waals surface area contributed by atoms with Gasteiger partial charge in [-0.25, -0.2) is 4.79 Å². The molecular weight excluding hydrogens is 402 g/mol. The highest BCUT2D eigenvalue weighted by molar-refractivity contribution is 7.15. The van der Waals surface area contributed by atoms with E-state index >= 15 is 0 Å². The van der Waals surface area contributed by atoms with Crippen molar-refractivity contribution in [2.45, 2.75) is 52.1 Å². The summed E-state index contributed by atoms with van der Waals surface area (Å²) in [7, 11) is 0. The Hall–Kier alpha value is -2.24. The standard InChI is InChI=1S/C23H24ClN3OS/c1-14-18(24)8-5-9-19(14)25-23(28)27-13-17-16-7-3-4-11-21(16)29-22(17)26-12-6-10-20(26)15(27)2/h5-6,8-10,12,15H,3-4,7,11,13H2,1-2H3,(H,25,28)/t15-/m1/s1. The van der Waals surface area contributed by atoms with Crippen LogP contribution in [0.25, 0.3) is 5.00 Å². The summed E-state index contributed by atoms with van der Waals surface area (Å²) in [6.07, 6.45) is 6.91. The molecule has 0 unspecified atom stereocenters. The van der Waals surface area contributed by atoms with E-state index in [2.05, 4.69) is 35.1 Å². The number of fused-ring (bicyclic) bond motifs is 5. The van der Waals surface area contributed by atoms with Crippen LogP contribution in [0.4, 0.5) is 10.5 Å². The first-order valence-corrected chi connectivity index (χ1v) is 11.4. The van der Waals surface area contributed by atoms with Gasteiger partial charge in [-0.15, -0.1) is 11.3 Å². The summed E-state index contributed by atoms with van der Waals surface area (Å²) in [6, 6.07) is 9.72. The molecule has 3 aromatic rings. The van der Waals surface area contributed by atoms with Crippen LogP contribution in [0.2, 0.25) is 5.02 Å². The molecule has 5 rings (SSSR count). The second-order valence-electron chi connectivity index (χ2n) is 7.94. The normalized spacial score (nSPS) is 17.9. The zero-order chi connectivity index (χ0) is 20.1. The lowest BCUT2D eigenvalue weighted by molar-refractivity contribution is 0.189. The Morgan fingerprint density at radius 1 is 1.17 bits per heavy atom. The van der Waals surface area contributed by atoms with Gasteiger partial charge < -0.3 is 14.8 Å². The molecule has 1 aromatic carbocycles. The van der Waals surface area contributed by atoms with Gasteiger partial charge in [0.15, 0.2) is 0 Å². The maximum atomic E-state index is 13.4. The summed E-state index contributed by atoms with van der Waals surface area (Å²) in [6.45, 7) is 4.68. The minimum Gasteiger partial charge on any atom is -0.312 e. The molecule has 1 aliphatic carbocycles. The van der Waals surface area contributed by atoms with Crippen molar-refractivity contribution in [3.05, 3.63) is 68.8 Å². The molecule has 1 N–H and O–H groups in total. The van der Waals surface area contributed by atoms with Crippen LogP contribution in [-0.2, 0) is 19.4 Å². The fraction of sp³-hybridized carbons (Fsp3) is 0.348. The summed E-state index contributed by atoms with van der Waals surface area (Å²) in [5.74, 6) is 0. The number of hydrogen-bond donors (Lipinski definition) is 1. The SMILES string of the molecule is Cc1c(Cl)cccc1NC(=O)N1Cc2c(sc3c2CCCC3)-n2cccc2[C@H]1C. The number of carbonyl (C=O) groups is 1. The monoisotopic (exact) mass is 425 g/mol. The largest absolute Gasteiger partial charge is 0.322 e. The minimum absolute atomic E-state index is 0.0247. The third-order valence-electron chi connectivity index (χ3n) is 6.25. The van der Waals surface area contributed by atoms with Crippen LogP contribution in [0.15, 0.2) is 36.5 Å². The lowest BCUT2D eigenvalue weighted by Gasteiger charge is -2.28. The number of benzene rings is 1. The van der Waals surface area contributed by atoms with Crippen LogP contribution in [0, 0.1) is 6.92 Å². The van der Waals surface area contributed by atoms with E-state index in [1.54, 1.807) is 0 Å². The number of halogens is 1. The molecular formula is C23H24ClN3OS. The fourth-order valence-corrected chi connectivity index (χ4v) is 6.12. The molecule has 0 saturated carbocycles. The van der Waals surface area contributed by atoms with Crippen LogP contribution in [-0.4, -0.2) is 15.5 Å². The third kappa shape index (κ3) is 3.08. The number of hydrogen-bond acceptors (Lipinski definition) is 2. The number of nitrogens with zero attached hydrogens (tertiary/aromatic N) is 2. The summed E-state index contributed by atoms with van der Waals surface area (Å²) < 4.78 is 2.29. The van der Waals surface area contributed by atoms with Gasteiger partial charge in [0.2, 0.25) is 0 Å². The van der Waals surface area contributed by atoms with Gasteiger partial charge in [0.05, 0.1) is 12.6 Å². The Bertz CT molecular complexity index is 1100. The van der Waals surface area contributed by atoms with E-state index in [-0.39, 0.29) is 12.1 Å². The second-order valence-corrected chi connectivity index (χ2v) is 9.43. The Labute approximate surface area is 180 Å². The molecule has 0 bridgehead atoms. The molecule has 1 aliphatic heterocycles. The zero-order valence-corrected chi connectivity index (χ0v) is 18.2. The van der Waals surface area contributed by atoms with Crippen molar-refractivity contribution in [3.63, 3.8) is 0 Å². The Kier molecular flexibility index (Phi) is 4.67. The summed E-state index contributed by atoms with van der Waals surface area (Å²) in [5.41, 5.74) is 5.61. The highest BCUT2D eigenvalue weighted by Gasteiger charge is 2.33. The molecule has 2 amide bonds. The summed E-state index contributed by atoms with van der Waals surface area (Å²) >= 11 is 8.16. The molecule has 0 fully saturated rings.